The molecule has 0 aromatic carbocycles. The summed E-state index contributed by atoms with van der Waals surface area (Å²) in [6, 6.07) is 0. The molecule has 0 heterocycles. The van der Waals surface area contributed by atoms with E-state index in [-0.39, 0.29) is 11.8 Å². The lowest BCUT2D eigenvalue weighted by molar-refractivity contribution is -0.139. The lowest BCUT2D eigenvalue weighted by Crippen LogP contribution is -2.45. The molecular formula is C9H16O2. The molecule has 64 valence electrons. The molecule has 1 N–H and O–H groups in total. The Morgan fingerprint density at radius 2 is 2.00 bits per heavy atom. The van der Waals surface area contributed by atoms with Crippen LogP contribution in [0.15, 0.2) is 0 Å². The van der Waals surface area contributed by atoms with Gasteiger partial charge in [-0.05, 0) is 19.8 Å². The zero-order valence-corrected chi connectivity index (χ0v) is 7.42. The second-order valence-electron chi connectivity index (χ2n) is 4.16. The van der Waals surface area contributed by atoms with Crippen LogP contribution in [0.3, 0.4) is 0 Å². The summed E-state index contributed by atoms with van der Waals surface area (Å²) in [6.45, 7) is 5.61. The topological polar surface area (TPSA) is 37.3 Å². The first-order valence-corrected chi connectivity index (χ1v) is 4.18. The molecule has 0 aromatic rings. The minimum atomic E-state index is -0.560. The van der Waals surface area contributed by atoms with Gasteiger partial charge in [-0.3, -0.25) is 4.79 Å². The van der Waals surface area contributed by atoms with E-state index in [1.165, 1.54) is 0 Å². The van der Waals surface area contributed by atoms with Gasteiger partial charge in [-0.25, -0.2) is 0 Å². The van der Waals surface area contributed by atoms with Crippen molar-refractivity contribution in [1.82, 2.24) is 0 Å². The van der Waals surface area contributed by atoms with E-state index in [0.717, 1.165) is 0 Å². The first-order valence-electron chi connectivity index (χ1n) is 4.18. The third-order valence-corrected chi connectivity index (χ3v) is 2.34. The normalized spacial score (nSPS) is 37.0. The molecule has 0 atom stereocenters. The van der Waals surface area contributed by atoms with Crippen molar-refractivity contribution in [2.45, 2.75) is 39.2 Å². The lowest BCUT2D eigenvalue weighted by atomic mass is 9.68. The fraction of sp³-hybridized carbons (Fsp3) is 0.889. The minimum absolute atomic E-state index is 0.121. The molecule has 0 spiro atoms. The number of ketones is 1. The van der Waals surface area contributed by atoms with E-state index in [1.807, 2.05) is 13.8 Å². The number of carbonyl (C=O) groups excluding carboxylic acids is 1. The second kappa shape index (κ2) is 2.59. The molecular weight excluding hydrogens is 140 g/mol. The van der Waals surface area contributed by atoms with E-state index in [1.54, 1.807) is 6.92 Å². The summed E-state index contributed by atoms with van der Waals surface area (Å²) in [7, 11) is 0. The van der Waals surface area contributed by atoms with Crippen molar-refractivity contribution < 1.29 is 9.90 Å². The molecule has 0 saturated heterocycles. The number of hydrogen-bond donors (Lipinski definition) is 1. The van der Waals surface area contributed by atoms with Crippen LogP contribution >= 0.6 is 0 Å². The average Bonchev–Trinajstić information content (AvgIpc) is 1.80. The number of hydrogen-bond acceptors (Lipinski definition) is 2. The predicted molar refractivity (Wildman–Crippen MR) is 43.2 cm³/mol. The van der Waals surface area contributed by atoms with Gasteiger partial charge in [-0.1, -0.05) is 13.8 Å². The van der Waals surface area contributed by atoms with Crippen LogP contribution < -0.4 is 0 Å². The Morgan fingerprint density at radius 3 is 2.27 bits per heavy atom. The van der Waals surface area contributed by atoms with E-state index >= 15 is 0 Å². The van der Waals surface area contributed by atoms with Crippen LogP contribution in [-0.2, 0) is 4.79 Å². The largest absolute Gasteiger partial charge is 0.390 e. The van der Waals surface area contributed by atoms with Gasteiger partial charge in [0.05, 0.1) is 5.60 Å². The first kappa shape index (κ1) is 8.72. The van der Waals surface area contributed by atoms with Crippen molar-refractivity contribution in [1.29, 1.82) is 0 Å². The van der Waals surface area contributed by atoms with Gasteiger partial charge in [0.15, 0.2) is 0 Å². The van der Waals surface area contributed by atoms with Gasteiger partial charge in [0.25, 0.3) is 0 Å². The zero-order chi connectivity index (χ0) is 8.65. The van der Waals surface area contributed by atoms with Gasteiger partial charge >= 0.3 is 0 Å². The van der Waals surface area contributed by atoms with Crippen molar-refractivity contribution in [2.75, 3.05) is 0 Å². The van der Waals surface area contributed by atoms with Crippen LogP contribution in [0.4, 0.5) is 0 Å². The molecule has 0 unspecified atom stereocenters. The van der Waals surface area contributed by atoms with Crippen LogP contribution in [0.1, 0.15) is 33.6 Å². The molecule has 0 amide bonds. The van der Waals surface area contributed by atoms with Gasteiger partial charge in [-0.2, -0.15) is 0 Å². The maximum Gasteiger partial charge on any atom is 0.138 e. The molecule has 2 heteroatoms. The van der Waals surface area contributed by atoms with Gasteiger partial charge in [0.1, 0.15) is 5.78 Å². The molecule has 2 nitrogen and oxygen atoms in total. The smallest absolute Gasteiger partial charge is 0.138 e. The number of carbonyl (C=O) groups is 1. The predicted octanol–water partition coefficient (Wildman–Crippen LogP) is 1.37. The summed E-state index contributed by atoms with van der Waals surface area (Å²) in [5, 5.41) is 9.36. The maximum atomic E-state index is 11.3. The fourth-order valence-electron chi connectivity index (χ4n) is 1.67. The minimum Gasteiger partial charge on any atom is -0.390 e. The molecule has 1 rings (SSSR count). The van der Waals surface area contributed by atoms with Crippen molar-refractivity contribution >= 4 is 5.78 Å². The van der Waals surface area contributed by atoms with E-state index in [4.69, 9.17) is 0 Å². The summed E-state index contributed by atoms with van der Waals surface area (Å²) < 4.78 is 0. The van der Waals surface area contributed by atoms with Crippen LogP contribution in [0, 0.1) is 11.8 Å². The Morgan fingerprint density at radius 1 is 1.55 bits per heavy atom. The number of rotatable bonds is 2. The van der Waals surface area contributed by atoms with Crippen molar-refractivity contribution in [2.24, 2.45) is 11.8 Å². The number of Topliss-reactive ketones (excluding diaryl/α,β-unsaturated/α-hetero) is 1. The Hall–Kier alpha value is -0.370. The second-order valence-corrected chi connectivity index (χ2v) is 4.16. The van der Waals surface area contributed by atoms with E-state index < -0.39 is 5.60 Å². The molecule has 1 fully saturated rings. The molecule has 1 saturated carbocycles. The van der Waals surface area contributed by atoms with Crippen LogP contribution in [0.25, 0.3) is 0 Å². The molecule has 1 aliphatic rings. The monoisotopic (exact) mass is 156 g/mol. The third-order valence-electron chi connectivity index (χ3n) is 2.34. The van der Waals surface area contributed by atoms with E-state index in [2.05, 4.69) is 0 Å². The first-order chi connectivity index (χ1) is 4.92. The van der Waals surface area contributed by atoms with Crippen LogP contribution in [-0.4, -0.2) is 16.5 Å². The van der Waals surface area contributed by atoms with Gasteiger partial charge in [-0.15, -0.1) is 0 Å². The summed E-state index contributed by atoms with van der Waals surface area (Å²) in [5.41, 5.74) is -0.560. The number of aliphatic hydroxyl groups is 1. The Balaban J connectivity index is 2.38. The zero-order valence-electron chi connectivity index (χ0n) is 7.42. The summed E-state index contributed by atoms with van der Waals surface area (Å²) in [4.78, 5) is 11.3. The van der Waals surface area contributed by atoms with Crippen molar-refractivity contribution in [3.8, 4) is 0 Å². The highest BCUT2D eigenvalue weighted by atomic mass is 16.3. The quantitative estimate of drug-likeness (QED) is 0.655. The van der Waals surface area contributed by atoms with Gasteiger partial charge < -0.3 is 5.11 Å². The molecule has 0 aliphatic heterocycles. The molecule has 11 heavy (non-hydrogen) atoms. The Kier molecular flexibility index (Phi) is 2.06. The highest BCUT2D eigenvalue weighted by molar-refractivity contribution is 5.83. The lowest BCUT2D eigenvalue weighted by Gasteiger charge is -2.40. The summed E-state index contributed by atoms with van der Waals surface area (Å²) in [6.07, 6.45) is 1.31. The van der Waals surface area contributed by atoms with Crippen LogP contribution in [0.2, 0.25) is 0 Å². The van der Waals surface area contributed by atoms with Crippen LogP contribution in [0.5, 0.6) is 0 Å². The third kappa shape index (κ3) is 1.80. The van der Waals surface area contributed by atoms with E-state index in [0.29, 0.717) is 18.6 Å². The molecule has 0 aromatic heterocycles. The van der Waals surface area contributed by atoms with Crippen molar-refractivity contribution in [3.05, 3.63) is 0 Å². The summed E-state index contributed by atoms with van der Waals surface area (Å²) >= 11 is 0. The average molecular weight is 156 g/mol. The van der Waals surface area contributed by atoms with Crippen molar-refractivity contribution in [3.63, 3.8) is 0 Å². The summed E-state index contributed by atoms with van der Waals surface area (Å²) in [5.74, 6) is 0.553. The standard InChI is InChI=1S/C9H16O2/c1-6(2)8(10)7-4-9(3,11)5-7/h6-7,11H,4-5H2,1-3H3/t7-,9+. The highest BCUT2D eigenvalue weighted by Gasteiger charge is 2.42. The molecule has 0 radical (unpaired) electrons. The van der Waals surface area contributed by atoms with Gasteiger partial charge in [0, 0.05) is 11.8 Å². The maximum absolute atomic E-state index is 11.3. The molecule has 0 bridgehead atoms. The Labute approximate surface area is 67.6 Å². The van der Waals surface area contributed by atoms with Gasteiger partial charge in [0.2, 0.25) is 0 Å². The fourth-order valence-corrected chi connectivity index (χ4v) is 1.67. The Bertz CT molecular complexity index is 162. The highest BCUT2D eigenvalue weighted by Crippen LogP contribution is 2.38. The SMILES string of the molecule is CC(C)C(=O)[C@H]1C[C@@](C)(O)C1. The van der Waals surface area contributed by atoms with E-state index in [9.17, 15) is 9.90 Å². The molecule has 1 aliphatic carbocycles.